The van der Waals surface area contributed by atoms with Crippen molar-refractivity contribution < 1.29 is 21.6 Å². The van der Waals surface area contributed by atoms with Gasteiger partial charge >= 0.3 is 0 Å². The highest BCUT2D eigenvalue weighted by Crippen LogP contribution is 2.26. The highest BCUT2D eigenvalue weighted by Gasteiger charge is 2.31. The molecule has 0 aromatic heterocycles. The van der Waals surface area contributed by atoms with E-state index in [9.17, 15) is 16.8 Å². The van der Waals surface area contributed by atoms with Crippen molar-refractivity contribution >= 4 is 32.5 Å². The van der Waals surface area contributed by atoms with Crippen LogP contribution in [0.1, 0.15) is 5.56 Å². The molecule has 0 atom stereocenters. The first-order valence-corrected chi connectivity index (χ1v) is 11.1. The topological polar surface area (TPSA) is 96.0 Å². The molecule has 1 N–H and O–H groups in total. The van der Waals surface area contributed by atoms with Gasteiger partial charge in [0.2, 0.25) is 20.0 Å². The average molecular weight is 426 g/mol. The standard InChI is InChI=1S/C15H23N3O5S2.ClH/c1-13-2-3-14(24(19,20)17-6-4-16-5-7-17)12-15(13)25(21,22)18-8-10-23-11-9-18;/h2-3,12,16H,4-11H2,1H3;1H. The number of halogens is 1. The smallest absolute Gasteiger partial charge is 0.243 e. The summed E-state index contributed by atoms with van der Waals surface area (Å²) in [6.07, 6.45) is 0. The number of hydrogen-bond donors (Lipinski definition) is 1. The number of rotatable bonds is 4. The second-order valence-electron chi connectivity index (χ2n) is 6.10. The molecule has 8 nitrogen and oxygen atoms in total. The van der Waals surface area contributed by atoms with Gasteiger partial charge in [-0.05, 0) is 24.6 Å². The van der Waals surface area contributed by atoms with E-state index in [1.807, 2.05) is 0 Å². The molecule has 3 rings (SSSR count). The lowest BCUT2D eigenvalue weighted by Gasteiger charge is -2.28. The normalized spacial score (nSPS) is 20.5. The molecular formula is C15H24ClN3O5S2. The number of nitrogens with zero attached hydrogens (tertiary/aromatic N) is 2. The van der Waals surface area contributed by atoms with Crippen molar-refractivity contribution in [1.29, 1.82) is 0 Å². The number of hydrogen-bond acceptors (Lipinski definition) is 6. The minimum absolute atomic E-state index is 0. The molecular weight excluding hydrogens is 402 g/mol. The summed E-state index contributed by atoms with van der Waals surface area (Å²) < 4.78 is 59.4. The van der Waals surface area contributed by atoms with Gasteiger partial charge in [0.1, 0.15) is 0 Å². The van der Waals surface area contributed by atoms with Crippen LogP contribution < -0.4 is 5.32 Å². The van der Waals surface area contributed by atoms with E-state index >= 15 is 0 Å². The Balaban J connectivity index is 0.00000243. The summed E-state index contributed by atoms with van der Waals surface area (Å²) in [6, 6.07) is 4.32. The zero-order chi connectivity index (χ0) is 18.1. The van der Waals surface area contributed by atoms with E-state index in [1.165, 1.54) is 20.7 Å². The summed E-state index contributed by atoms with van der Waals surface area (Å²) in [5.41, 5.74) is 0.533. The van der Waals surface area contributed by atoms with Gasteiger partial charge in [0.25, 0.3) is 0 Å². The molecule has 0 aliphatic carbocycles. The third-order valence-electron chi connectivity index (χ3n) is 4.46. The number of benzene rings is 1. The Morgan fingerprint density at radius 1 is 0.923 bits per heavy atom. The molecule has 2 saturated heterocycles. The van der Waals surface area contributed by atoms with Crippen LogP contribution in [0, 0.1) is 6.92 Å². The Kier molecular flexibility index (Phi) is 7.05. The number of piperazine rings is 1. The number of sulfonamides is 2. The van der Waals surface area contributed by atoms with Crippen LogP contribution in [0.25, 0.3) is 0 Å². The van der Waals surface area contributed by atoms with Crippen molar-refractivity contribution in [3.05, 3.63) is 23.8 Å². The molecule has 26 heavy (non-hydrogen) atoms. The Morgan fingerprint density at radius 2 is 1.50 bits per heavy atom. The molecule has 0 bridgehead atoms. The van der Waals surface area contributed by atoms with Gasteiger partial charge in [0.05, 0.1) is 23.0 Å². The second kappa shape index (κ2) is 8.51. The van der Waals surface area contributed by atoms with E-state index < -0.39 is 20.0 Å². The quantitative estimate of drug-likeness (QED) is 0.731. The molecule has 0 unspecified atom stereocenters. The van der Waals surface area contributed by atoms with Crippen LogP contribution in [0.4, 0.5) is 0 Å². The highest BCUT2D eigenvalue weighted by molar-refractivity contribution is 7.90. The highest BCUT2D eigenvalue weighted by atomic mass is 35.5. The third kappa shape index (κ3) is 4.22. The van der Waals surface area contributed by atoms with Crippen LogP contribution in [0.15, 0.2) is 28.0 Å². The minimum atomic E-state index is -3.75. The fraction of sp³-hybridized carbons (Fsp3) is 0.600. The summed E-state index contributed by atoms with van der Waals surface area (Å²) in [6.45, 7) is 4.84. The van der Waals surface area contributed by atoms with Crippen LogP contribution in [0.3, 0.4) is 0 Å². The van der Waals surface area contributed by atoms with Crippen molar-refractivity contribution in [2.45, 2.75) is 16.7 Å². The summed E-state index contributed by atoms with van der Waals surface area (Å²) >= 11 is 0. The third-order valence-corrected chi connectivity index (χ3v) is 8.40. The van der Waals surface area contributed by atoms with Gasteiger partial charge < -0.3 is 10.1 Å². The molecule has 1 aromatic rings. The molecule has 0 spiro atoms. The van der Waals surface area contributed by atoms with Crippen LogP contribution in [0.5, 0.6) is 0 Å². The predicted molar refractivity (Wildman–Crippen MR) is 99.6 cm³/mol. The van der Waals surface area contributed by atoms with Crippen molar-refractivity contribution in [1.82, 2.24) is 13.9 Å². The first kappa shape index (κ1) is 21.5. The first-order chi connectivity index (χ1) is 11.8. The maximum absolute atomic E-state index is 12.9. The second-order valence-corrected chi connectivity index (χ2v) is 9.94. The van der Waals surface area contributed by atoms with Crippen molar-refractivity contribution in [2.24, 2.45) is 0 Å². The maximum Gasteiger partial charge on any atom is 0.243 e. The molecule has 2 aliphatic heterocycles. The lowest BCUT2D eigenvalue weighted by molar-refractivity contribution is 0.0730. The molecule has 2 aliphatic rings. The molecule has 1 aromatic carbocycles. The van der Waals surface area contributed by atoms with Gasteiger partial charge in [0, 0.05) is 39.3 Å². The Morgan fingerprint density at radius 3 is 2.12 bits per heavy atom. The van der Waals surface area contributed by atoms with E-state index in [1.54, 1.807) is 13.0 Å². The van der Waals surface area contributed by atoms with Gasteiger partial charge in [-0.25, -0.2) is 16.8 Å². The fourth-order valence-electron chi connectivity index (χ4n) is 2.98. The van der Waals surface area contributed by atoms with E-state index in [2.05, 4.69) is 5.32 Å². The molecule has 0 radical (unpaired) electrons. The van der Waals surface area contributed by atoms with Gasteiger partial charge in [-0.1, -0.05) is 6.07 Å². The molecule has 148 valence electrons. The van der Waals surface area contributed by atoms with Crippen LogP contribution in [-0.2, 0) is 24.8 Å². The van der Waals surface area contributed by atoms with Crippen LogP contribution in [0.2, 0.25) is 0 Å². The zero-order valence-corrected chi connectivity index (χ0v) is 17.0. The lowest BCUT2D eigenvalue weighted by atomic mass is 10.2. The van der Waals surface area contributed by atoms with Gasteiger partial charge in [-0.2, -0.15) is 8.61 Å². The number of morpholine rings is 1. The summed E-state index contributed by atoms with van der Waals surface area (Å²) in [7, 11) is -7.45. The number of nitrogens with one attached hydrogen (secondary N) is 1. The Labute approximate surface area is 161 Å². The predicted octanol–water partition coefficient (Wildman–Crippen LogP) is 0.0316. The summed E-state index contributed by atoms with van der Waals surface area (Å²) in [5.74, 6) is 0. The molecule has 11 heteroatoms. The Bertz CT molecular complexity index is 833. The molecule has 2 fully saturated rings. The summed E-state index contributed by atoms with van der Waals surface area (Å²) in [4.78, 5) is 0.0671. The lowest BCUT2D eigenvalue weighted by Crippen LogP contribution is -2.46. The molecule has 2 heterocycles. The van der Waals surface area contributed by atoms with Crippen molar-refractivity contribution in [2.75, 3.05) is 52.5 Å². The van der Waals surface area contributed by atoms with E-state index in [4.69, 9.17) is 4.74 Å². The summed E-state index contributed by atoms with van der Waals surface area (Å²) in [5, 5.41) is 3.11. The van der Waals surface area contributed by atoms with Gasteiger partial charge in [0.15, 0.2) is 0 Å². The molecule has 0 amide bonds. The fourth-order valence-corrected chi connectivity index (χ4v) is 6.18. The average Bonchev–Trinajstić information content (AvgIpc) is 2.63. The number of aryl methyl sites for hydroxylation is 1. The number of ether oxygens (including phenoxy) is 1. The van der Waals surface area contributed by atoms with E-state index in [0.29, 0.717) is 45.0 Å². The van der Waals surface area contributed by atoms with Gasteiger partial charge in [-0.3, -0.25) is 0 Å². The largest absolute Gasteiger partial charge is 0.379 e. The van der Waals surface area contributed by atoms with Crippen molar-refractivity contribution in [3.8, 4) is 0 Å². The van der Waals surface area contributed by atoms with E-state index in [-0.39, 0.29) is 35.3 Å². The zero-order valence-electron chi connectivity index (χ0n) is 14.5. The minimum Gasteiger partial charge on any atom is -0.379 e. The SMILES string of the molecule is Cc1ccc(S(=O)(=O)N2CCNCC2)cc1S(=O)(=O)N1CCOCC1.Cl. The van der Waals surface area contributed by atoms with E-state index in [0.717, 1.165) is 0 Å². The first-order valence-electron chi connectivity index (χ1n) is 8.23. The Hall–Kier alpha value is -0.750. The molecule has 0 saturated carbocycles. The van der Waals surface area contributed by atoms with Crippen molar-refractivity contribution in [3.63, 3.8) is 0 Å². The maximum atomic E-state index is 12.9. The van der Waals surface area contributed by atoms with Crippen LogP contribution >= 0.6 is 12.4 Å². The monoisotopic (exact) mass is 425 g/mol. The van der Waals surface area contributed by atoms with Crippen LogP contribution in [-0.4, -0.2) is 77.9 Å². The van der Waals surface area contributed by atoms with Gasteiger partial charge in [-0.15, -0.1) is 12.4 Å².